The van der Waals surface area contributed by atoms with Crippen molar-refractivity contribution in [2.45, 2.75) is 5.75 Å². The van der Waals surface area contributed by atoms with Crippen LogP contribution < -0.4 is 0 Å². The Balaban J connectivity index is 2.69. The average Bonchev–Trinajstić information content (AvgIpc) is 2.18. The van der Waals surface area contributed by atoms with Gasteiger partial charge < -0.3 is 0 Å². The summed E-state index contributed by atoms with van der Waals surface area (Å²) in [5.74, 6) is 1.59. The third kappa shape index (κ3) is 1.59. The van der Waals surface area contributed by atoms with E-state index in [2.05, 4.69) is 27.2 Å². The van der Waals surface area contributed by atoms with Gasteiger partial charge in [0.2, 0.25) is 0 Å². The summed E-state index contributed by atoms with van der Waals surface area (Å²) in [6.07, 6.45) is 0. The van der Waals surface area contributed by atoms with Crippen LogP contribution in [0.3, 0.4) is 0 Å². The second-order valence-corrected chi connectivity index (χ2v) is 2.81. The van der Waals surface area contributed by atoms with Gasteiger partial charge in [-0.1, -0.05) is 10.8 Å². The van der Waals surface area contributed by atoms with E-state index in [1.807, 2.05) is 0 Å². The minimum atomic E-state index is 0.743. The van der Waals surface area contributed by atoms with Gasteiger partial charge in [0.15, 0.2) is 5.82 Å². The molecule has 0 radical (unpaired) electrons. The van der Waals surface area contributed by atoms with Gasteiger partial charge >= 0.3 is 0 Å². The van der Waals surface area contributed by atoms with Crippen molar-refractivity contribution in [3.63, 3.8) is 0 Å². The highest BCUT2D eigenvalue weighted by molar-refractivity contribution is 8.68. The van der Waals surface area contributed by atoms with Crippen LogP contribution in [0.5, 0.6) is 0 Å². The molecule has 1 aromatic rings. The van der Waals surface area contributed by atoms with Gasteiger partial charge in [0.05, 0.1) is 5.75 Å². The molecule has 0 bridgehead atoms. The van der Waals surface area contributed by atoms with Gasteiger partial charge in [0.1, 0.15) is 0 Å². The molecule has 0 fully saturated rings. The molecule has 0 amide bonds. The zero-order valence-electron chi connectivity index (χ0n) is 4.85. The average molecular weight is 162 g/mol. The molecule has 6 heteroatoms. The second-order valence-electron chi connectivity index (χ2n) is 1.49. The first-order valence-corrected chi connectivity index (χ1v) is 4.36. The molecule has 0 saturated carbocycles. The molecule has 9 heavy (non-hydrogen) atoms. The fourth-order valence-electron chi connectivity index (χ4n) is 0.428. The number of hydrogen-bond acceptors (Lipinski definition) is 5. The van der Waals surface area contributed by atoms with E-state index in [4.69, 9.17) is 0 Å². The quantitative estimate of drug-likeness (QED) is 0.501. The van der Waals surface area contributed by atoms with Crippen molar-refractivity contribution in [1.82, 2.24) is 20.2 Å². The van der Waals surface area contributed by atoms with Crippen LogP contribution in [-0.2, 0) is 12.8 Å². The molecule has 0 aliphatic carbocycles. The highest BCUT2D eigenvalue weighted by atomic mass is 33.1. The summed E-state index contributed by atoms with van der Waals surface area (Å²) in [6, 6.07) is 0. The molecule has 0 N–H and O–H groups in total. The lowest BCUT2D eigenvalue weighted by molar-refractivity contribution is 0.693. The van der Waals surface area contributed by atoms with Crippen LogP contribution in [-0.4, -0.2) is 20.2 Å². The van der Waals surface area contributed by atoms with E-state index < -0.39 is 0 Å². The van der Waals surface area contributed by atoms with Crippen LogP contribution in [0.1, 0.15) is 5.82 Å². The molecular formula is C3H6N4S2. The van der Waals surface area contributed by atoms with Crippen molar-refractivity contribution in [1.29, 1.82) is 0 Å². The fraction of sp³-hybridized carbons (Fsp3) is 0.667. The van der Waals surface area contributed by atoms with Crippen LogP contribution in [0, 0.1) is 0 Å². The van der Waals surface area contributed by atoms with Crippen molar-refractivity contribution < 1.29 is 0 Å². The third-order valence-electron chi connectivity index (χ3n) is 0.902. The van der Waals surface area contributed by atoms with Crippen molar-refractivity contribution >= 4 is 22.5 Å². The van der Waals surface area contributed by atoms with E-state index >= 15 is 0 Å². The van der Waals surface area contributed by atoms with Crippen molar-refractivity contribution in [2.75, 3.05) is 0 Å². The summed E-state index contributed by atoms with van der Waals surface area (Å²) in [6.45, 7) is 0. The molecule has 50 valence electrons. The van der Waals surface area contributed by atoms with E-state index in [-0.39, 0.29) is 0 Å². The molecule has 0 aromatic carbocycles. The Kier molecular flexibility index (Phi) is 2.35. The number of rotatable bonds is 2. The molecule has 0 aliphatic heterocycles. The molecule has 0 spiro atoms. The Morgan fingerprint density at radius 3 is 3.00 bits per heavy atom. The Labute approximate surface area is 61.8 Å². The monoisotopic (exact) mass is 162 g/mol. The van der Waals surface area contributed by atoms with Gasteiger partial charge in [-0.2, -0.15) is 0 Å². The van der Waals surface area contributed by atoms with E-state index in [0.29, 0.717) is 0 Å². The van der Waals surface area contributed by atoms with Gasteiger partial charge in [0.25, 0.3) is 0 Å². The lowest BCUT2D eigenvalue weighted by atomic mass is 10.7. The SMILES string of the molecule is Cn1nnnc1CSS. The summed E-state index contributed by atoms with van der Waals surface area (Å²) in [5.41, 5.74) is 0. The zero-order valence-corrected chi connectivity index (χ0v) is 6.56. The Morgan fingerprint density at radius 2 is 2.56 bits per heavy atom. The summed E-state index contributed by atoms with van der Waals surface area (Å²) in [7, 11) is 3.21. The lowest BCUT2D eigenvalue weighted by Crippen LogP contribution is -1.96. The van der Waals surface area contributed by atoms with Gasteiger partial charge in [-0.05, 0) is 10.4 Å². The molecule has 0 unspecified atom stereocenters. The maximum atomic E-state index is 3.96. The first kappa shape index (κ1) is 6.88. The summed E-state index contributed by atoms with van der Waals surface area (Å²) >= 11 is 3.96. The highest BCUT2D eigenvalue weighted by Gasteiger charge is 1.98. The van der Waals surface area contributed by atoms with Crippen LogP contribution in [0.25, 0.3) is 0 Å². The lowest BCUT2D eigenvalue weighted by Gasteiger charge is -1.90. The van der Waals surface area contributed by atoms with Crippen LogP contribution in [0.4, 0.5) is 0 Å². The molecule has 0 atom stereocenters. The standard InChI is InChI=1S/C3H6N4S2/c1-7-3(2-9-8)4-5-6-7/h8H,2H2,1H3. The molecular weight excluding hydrogens is 156 g/mol. The molecule has 4 nitrogen and oxygen atoms in total. The minimum absolute atomic E-state index is 0.743. The number of nitrogens with zero attached hydrogens (tertiary/aromatic N) is 4. The topological polar surface area (TPSA) is 43.6 Å². The maximum absolute atomic E-state index is 3.96. The minimum Gasteiger partial charge on any atom is -0.232 e. The number of thiol groups is 1. The first-order valence-electron chi connectivity index (χ1n) is 2.32. The normalized spacial score (nSPS) is 10.0. The zero-order chi connectivity index (χ0) is 6.69. The van der Waals surface area contributed by atoms with E-state index in [9.17, 15) is 0 Å². The summed E-state index contributed by atoms with van der Waals surface area (Å²) in [5, 5.41) is 10.8. The molecule has 1 heterocycles. The largest absolute Gasteiger partial charge is 0.232 e. The van der Waals surface area contributed by atoms with Crippen LogP contribution >= 0.6 is 22.5 Å². The van der Waals surface area contributed by atoms with Crippen molar-refractivity contribution in [3.8, 4) is 0 Å². The van der Waals surface area contributed by atoms with Gasteiger partial charge in [-0.3, -0.25) is 0 Å². The van der Waals surface area contributed by atoms with Crippen LogP contribution in [0.15, 0.2) is 0 Å². The fourth-order valence-corrected chi connectivity index (χ4v) is 1.13. The van der Waals surface area contributed by atoms with Crippen molar-refractivity contribution in [2.24, 2.45) is 7.05 Å². The molecule has 1 aromatic heterocycles. The van der Waals surface area contributed by atoms with Crippen LogP contribution in [0.2, 0.25) is 0 Å². The number of aryl methyl sites for hydroxylation is 1. The van der Waals surface area contributed by atoms with E-state index in [1.54, 1.807) is 11.7 Å². The summed E-state index contributed by atoms with van der Waals surface area (Å²) in [4.78, 5) is 0. The molecule has 0 saturated heterocycles. The highest BCUT2D eigenvalue weighted by Crippen LogP contribution is 2.10. The van der Waals surface area contributed by atoms with Gasteiger partial charge in [-0.25, -0.2) is 4.68 Å². The molecule has 1 rings (SSSR count). The van der Waals surface area contributed by atoms with E-state index in [1.165, 1.54) is 10.8 Å². The number of hydrogen-bond donors (Lipinski definition) is 1. The first-order chi connectivity index (χ1) is 4.34. The second kappa shape index (κ2) is 3.07. The maximum Gasteiger partial charge on any atom is 0.161 e. The Hall–Kier alpha value is -0.230. The predicted molar refractivity (Wildman–Crippen MR) is 39.1 cm³/mol. The molecule has 0 aliphatic rings. The number of tetrazole rings is 1. The smallest absolute Gasteiger partial charge is 0.161 e. The number of aromatic nitrogens is 4. The predicted octanol–water partition coefficient (Wildman–Crippen LogP) is 0.288. The Bertz CT molecular complexity index is 186. The van der Waals surface area contributed by atoms with Gasteiger partial charge in [0, 0.05) is 7.05 Å². The third-order valence-corrected chi connectivity index (χ3v) is 1.68. The van der Waals surface area contributed by atoms with Gasteiger partial charge in [-0.15, -0.1) is 16.8 Å². The summed E-state index contributed by atoms with van der Waals surface area (Å²) < 4.78 is 1.63. The Morgan fingerprint density at radius 1 is 1.78 bits per heavy atom. The van der Waals surface area contributed by atoms with E-state index in [0.717, 1.165) is 11.6 Å². The van der Waals surface area contributed by atoms with Crippen molar-refractivity contribution in [3.05, 3.63) is 5.82 Å².